The van der Waals surface area contributed by atoms with Crippen molar-refractivity contribution < 1.29 is 0 Å². The Bertz CT molecular complexity index is 282. The molecule has 0 amide bonds. The van der Waals surface area contributed by atoms with Gasteiger partial charge in [-0.1, -0.05) is 12.8 Å². The van der Waals surface area contributed by atoms with Gasteiger partial charge in [0.2, 0.25) is 0 Å². The summed E-state index contributed by atoms with van der Waals surface area (Å²) in [5.74, 6) is 0. The summed E-state index contributed by atoms with van der Waals surface area (Å²) in [6.07, 6.45) is 6.08. The quantitative estimate of drug-likeness (QED) is 0.750. The maximum absolute atomic E-state index is 8.66. The van der Waals surface area contributed by atoms with Crippen LogP contribution in [0.5, 0.6) is 0 Å². The van der Waals surface area contributed by atoms with Crippen LogP contribution in [0.3, 0.4) is 0 Å². The Hall–Kier alpha value is -1.10. The van der Waals surface area contributed by atoms with E-state index in [0.717, 1.165) is 25.7 Å². The Labute approximate surface area is 97.2 Å². The van der Waals surface area contributed by atoms with Crippen LogP contribution in [0.1, 0.15) is 51.4 Å². The van der Waals surface area contributed by atoms with Crippen LogP contribution in [0, 0.1) is 22.7 Å². The Morgan fingerprint density at radius 2 is 1.25 bits per heavy atom. The molecule has 4 heteroatoms. The van der Waals surface area contributed by atoms with Gasteiger partial charge in [0, 0.05) is 23.9 Å². The Kier molecular flexibility index (Phi) is 4.29. The molecular formula is C12H20N4. The molecule has 0 heterocycles. The summed E-state index contributed by atoms with van der Waals surface area (Å²) in [6, 6.07) is 4.27. The first-order valence-corrected chi connectivity index (χ1v) is 5.90. The van der Waals surface area contributed by atoms with E-state index in [2.05, 4.69) is 12.1 Å². The molecule has 0 saturated heterocycles. The highest BCUT2D eigenvalue weighted by molar-refractivity contribution is 5.10. The third-order valence-corrected chi connectivity index (χ3v) is 3.85. The summed E-state index contributed by atoms with van der Waals surface area (Å²) in [7, 11) is 0. The van der Waals surface area contributed by atoms with Gasteiger partial charge in [-0.15, -0.1) is 0 Å². The first kappa shape index (κ1) is 13.0. The molecule has 0 aromatic heterocycles. The average molecular weight is 220 g/mol. The summed E-state index contributed by atoms with van der Waals surface area (Å²) in [6.45, 7) is 0. The molecule has 4 nitrogen and oxygen atoms in total. The average Bonchev–Trinajstić information content (AvgIpc) is 2.28. The lowest BCUT2D eigenvalue weighted by Gasteiger charge is -2.49. The predicted molar refractivity (Wildman–Crippen MR) is 62.0 cm³/mol. The van der Waals surface area contributed by atoms with Crippen molar-refractivity contribution >= 4 is 0 Å². The lowest BCUT2D eigenvalue weighted by molar-refractivity contribution is 0.130. The molecule has 16 heavy (non-hydrogen) atoms. The molecule has 0 aliphatic heterocycles. The van der Waals surface area contributed by atoms with Gasteiger partial charge in [-0.3, -0.25) is 0 Å². The summed E-state index contributed by atoms with van der Waals surface area (Å²) < 4.78 is 0. The van der Waals surface area contributed by atoms with Crippen molar-refractivity contribution in [2.45, 2.75) is 62.4 Å². The van der Waals surface area contributed by atoms with Gasteiger partial charge < -0.3 is 11.5 Å². The van der Waals surface area contributed by atoms with Gasteiger partial charge in [0.1, 0.15) is 0 Å². The minimum atomic E-state index is -0.460. The molecule has 1 aliphatic rings. The molecule has 1 rings (SSSR count). The van der Waals surface area contributed by atoms with Gasteiger partial charge in [0.05, 0.1) is 12.1 Å². The normalized spacial score (nSPS) is 34.0. The van der Waals surface area contributed by atoms with E-state index in [0.29, 0.717) is 25.7 Å². The molecule has 0 radical (unpaired) electrons. The largest absolute Gasteiger partial charge is 0.324 e. The molecule has 0 aromatic carbocycles. The van der Waals surface area contributed by atoms with Crippen molar-refractivity contribution in [2.24, 2.45) is 11.5 Å². The van der Waals surface area contributed by atoms with E-state index in [-0.39, 0.29) is 0 Å². The molecule has 4 N–H and O–H groups in total. The van der Waals surface area contributed by atoms with Crippen LogP contribution in [0.4, 0.5) is 0 Å². The van der Waals surface area contributed by atoms with Gasteiger partial charge in [0.25, 0.3) is 0 Å². The molecule has 2 unspecified atom stereocenters. The van der Waals surface area contributed by atoms with Crippen LogP contribution >= 0.6 is 0 Å². The van der Waals surface area contributed by atoms with Crippen LogP contribution in [0.25, 0.3) is 0 Å². The maximum atomic E-state index is 8.66. The fourth-order valence-electron chi connectivity index (χ4n) is 2.68. The van der Waals surface area contributed by atoms with E-state index >= 15 is 0 Å². The van der Waals surface area contributed by atoms with Crippen molar-refractivity contribution in [3.63, 3.8) is 0 Å². The van der Waals surface area contributed by atoms with Gasteiger partial charge in [-0.2, -0.15) is 10.5 Å². The Balaban J connectivity index is 2.76. The van der Waals surface area contributed by atoms with Gasteiger partial charge in [-0.25, -0.2) is 0 Å². The van der Waals surface area contributed by atoms with Gasteiger partial charge >= 0.3 is 0 Å². The van der Waals surface area contributed by atoms with Gasteiger partial charge in [-0.05, 0) is 25.7 Å². The minimum Gasteiger partial charge on any atom is -0.324 e. The summed E-state index contributed by atoms with van der Waals surface area (Å²) >= 11 is 0. The number of hydrogen-bond donors (Lipinski definition) is 2. The van der Waals surface area contributed by atoms with Crippen LogP contribution in [0.15, 0.2) is 0 Å². The number of nitrogens with two attached hydrogens (primary N) is 2. The molecule has 0 spiro atoms. The lowest BCUT2D eigenvalue weighted by Crippen LogP contribution is -2.67. The van der Waals surface area contributed by atoms with Gasteiger partial charge in [0.15, 0.2) is 0 Å². The topological polar surface area (TPSA) is 99.6 Å². The molecule has 1 aliphatic carbocycles. The second-order valence-corrected chi connectivity index (χ2v) is 4.84. The first-order valence-electron chi connectivity index (χ1n) is 5.90. The van der Waals surface area contributed by atoms with Crippen LogP contribution < -0.4 is 11.5 Å². The monoisotopic (exact) mass is 220 g/mol. The fourth-order valence-corrected chi connectivity index (χ4v) is 2.68. The molecule has 2 atom stereocenters. The molecule has 0 aromatic rings. The van der Waals surface area contributed by atoms with E-state index in [1.807, 2.05) is 0 Å². The SMILES string of the molecule is N#CCCC1(N)CCCCC1(N)CCC#N. The third kappa shape index (κ3) is 2.52. The number of hydrogen-bond acceptors (Lipinski definition) is 4. The van der Waals surface area contributed by atoms with Crippen molar-refractivity contribution in [1.29, 1.82) is 10.5 Å². The molecule has 1 fully saturated rings. The summed E-state index contributed by atoms with van der Waals surface area (Å²) in [4.78, 5) is 0. The zero-order chi connectivity index (χ0) is 12.1. The van der Waals surface area contributed by atoms with Crippen molar-refractivity contribution in [3.8, 4) is 12.1 Å². The van der Waals surface area contributed by atoms with E-state index < -0.39 is 11.1 Å². The minimum absolute atomic E-state index is 0.446. The van der Waals surface area contributed by atoms with Crippen molar-refractivity contribution in [3.05, 3.63) is 0 Å². The van der Waals surface area contributed by atoms with Crippen molar-refractivity contribution in [2.75, 3.05) is 0 Å². The van der Waals surface area contributed by atoms with Crippen molar-refractivity contribution in [1.82, 2.24) is 0 Å². The molecule has 88 valence electrons. The second-order valence-electron chi connectivity index (χ2n) is 4.84. The number of rotatable bonds is 4. The van der Waals surface area contributed by atoms with Crippen LogP contribution in [0.2, 0.25) is 0 Å². The maximum Gasteiger partial charge on any atom is 0.0622 e. The number of nitriles is 2. The lowest BCUT2D eigenvalue weighted by atomic mass is 9.64. The first-order chi connectivity index (χ1) is 7.58. The highest BCUT2D eigenvalue weighted by atomic mass is 14.9. The van der Waals surface area contributed by atoms with Crippen LogP contribution in [-0.2, 0) is 0 Å². The third-order valence-electron chi connectivity index (χ3n) is 3.85. The summed E-state index contributed by atoms with van der Waals surface area (Å²) in [5, 5.41) is 17.3. The van der Waals surface area contributed by atoms with E-state index in [1.165, 1.54) is 0 Å². The Morgan fingerprint density at radius 1 is 0.875 bits per heavy atom. The zero-order valence-electron chi connectivity index (χ0n) is 9.71. The second kappa shape index (κ2) is 5.30. The molecule has 0 bridgehead atoms. The summed E-state index contributed by atoms with van der Waals surface area (Å²) in [5.41, 5.74) is 11.8. The Morgan fingerprint density at radius 3 is 1.56 bits per heavy atom. The fraction of sp³-hybridized carbons (Fsp3) is 0.833. The zero-order valence-corrected chi connectivity index (χ0v) is 9.71. The van der Waals surface area contributed by atoms with Crippen LogP contribution in [-0.4, -0.2) is 11.1 Å². The predicted octanol–water partition coefficient (Wildman–Crippen LogP) is 1.56. The molecule has 1 saturated carbocycles. The standard InChI is InChI=1S/C12H20N4/c13-9-3-7-11(15)5-1-2-6-12(11,16)8-4-10-14/h1-8,15-16H2. The van der Waals surface area contributed by atoms with E-state index in [4.69, 9.17) is 22.0 Å². The smallest absolute Gasteiger partial charge is 0.0622 e. The van der Waals surface area contributed by atoms with E-state index in [1.54, 1.807) is 0 Å². The molecular weight excluding hydrogens is 200 g/mol. The number of nitrogens with zero attached hydrogens (tertiary/aromatic N) is 2. The highest BCUT2D eigenvalue weighted by Crippen LogP contribution is 2.39. The highest BCUT2D eigenvalue weighted by Gasteiger charge is 2.46. The van der Waals surface area contributed by atoms with E-state index in [9.17, 15) is 0 Å².